The molecule has 0 radical (unpaired) electrons. The van der Waals surface area contributed by atoms with Crippen molar-refractivity contribution < 1.29 is 4.79 Å². The number of nitrogens with zero attached hydrogens (tertiary/aromatic N) is 1. The van der Waals surface area contributed by atoms with Crippen LogP contribution in [0.25, 0.3) is 0 Å². The molecule has 1 saturated carbocycles. The first-order chi connectivity index (χ1) is 6.65. The fourth-order valence-corrected chi connectivity index (χ4v) is 1.56. The zero-order chi connectivity index (χ0) is 10.6. The van der Waals surface area contributed by atoms with Crippen LogP contribution in [0.2, 0.25) is 0 Å². The molecular formula is C11H18N2O. The smallest absolute Gasteiger partial charge is 0.237 e. The Morgan fingerprint density at radius 3 is 2.57 bits per heavy atom. The lowest BCUT2D eigenvalue weighted by molar-refractivity contribution is -0.124. The summed E-state index contributed by atoms with van der Waals surface area (Å²) in [6.07, 6.45) is 3.73. The van der Waals surface area contributed by atoms with Gasteiger partial charge in [-0.25, -0.2) is 0 Å². The predicted octanol–water partition coefficient (Wildman–Crippen LogP) is 1.70. The maximum Gasteiger partial charge on any atom is 0.237 e. The fourth-order valence-electron chi connectivity index (χ4n) is 1.56. The van der Waals surface area contributed by atoms with E-state index in [1.807, 2.05) is 19.9 Å². The average molecular weight is 194 g/mol. The summed E-state index contributed by atoms with van der Waals surface area (Å²) in [5, 5.41) is 11.6. The molecule has 0 aromatic heterocycles. The van der Waals surface area contributed by atoms with Gasteiger partial charge in [-0.15, -0.1) is 0 Å². The van der Waals surface area contributed by atoms with E-state index in [0.29, 0.717) is 5.92 Å². The van der Waals surface area contributed by atoms with Crippen LogP contribution < -0.4 is 5.32 Å². The van der Waals surface area contributed by atoms with E-state index >= 15 is 0 Å². The Kier molecular flexibility index (Phi) is 3.94. The minimum absolute atomic E-state index is 0.0985. The molecular weight excluding hydrogens is 176 g/mol. The molecule has 1 N–H and O–H groups in total. The molecule has 1 atom stereocenters. The molecule has 0 heterocycles. The molecule has 0 saturated heterocycles. The zero-order valence-electron chi connectivity index (χ0n) is 8.92. The molecule has 0 aromatic carbocycles. The molecule has 14 heavy (non-hydrogen) atoms. The summed E-state index contributed by atoms with van der Waals surface area (Å²) in [5.74, 6) is 0.163. The van der Waals surface area contributed by atoms with Crippen molar-refractivity contribution in [1.82, 2.24) is 5.32 Å². The second-order valence-corrected chi connectivity index (χ2v) is 4.39. The van der Waals surface area contributed by atoms with Gasteiger partial charge in [-0.3, -0.25) is 4.79 Å². The van der Waals surface area contributed by atoms with Gasteiger partial charge in [0.15, 0.2) is 0 Å². The summed E-state index contributed by atoms with van der Waals surface area (Å²) in [7, 11) is 0. The van der Waals surface area contributed by atoms with Gasteiger partial charge in [0.2, 0.25) is 5.91 Å². The number of rotatable bonds is 4. The van der Waals surface area contributed by atoms with Gasteiger partial charge in [-0.05, 0) is 24.7 Å². The van der Waals surface area contributed by atoms with Crippen molar-refractivity contribution in [1.29, 1.82) is 5.26 Å². The van der Waals surface area contributed by atoms with E-state index in [2.05, 4.69) is 5.32 Å². The zero-order valence-corrected chi connectivity index (χ0v) is 8.92. The third-order valence-corrected chi connectivity index (χ3v) is 2.88. The minimum Gasteiger partial charge on any atom is -0.355 e. The summed E-state index contributed by atoms with van der Waals surface area (Å²) in [6.45, 7) is 4.55. The van der Waals surface area contributed by atoms with Crippen LogP contribution >= 0.6 is 0 Å². The van der Waals surface area contributed by atoms with E-state index < -0.39 is 5.92 Å². The number of nitrogens with one attached hydrogen (secondary N) is 1. The molecule has 1 amide bonds. The van der Waals surface area contributed by atoms with E-state index in [1.165, 1.54) is 19.3 Å². The number of nitriles is 1. The van der Waals surface area contributed by atoms with E-state index in [4.69, 9.17) is 5.26 Å². The summed E-state index contributed by atoms with van der Waals surface area (Å²) in [4.78, 5) is 11.5. The lowest BCUT2D eigenvalue weighted by Gasteiger charge is -2.26. The number of hydrogen-bond acceptors (Lipinski definition) is 2. The molecule has 78 valence electrons. The standard InChI is InChI=1S/C11H18N2O/c1-8(2)10(6-12)11(14)13-7-9-4-3-5-9/h8-10H,3-5,7H2,1-2H3,(H,13,14). The van der Waals surface area contributed by atoms with E-state index in [-0.39, 0.29) is 11.8 Å². The number of carbonyl (C=O) groups excluding carboxylic acids is 1. The Hall–Kier alpha value is -1.04. The van der Waals surface area contributed by atoms with Gasteiger partial charge < -0.3 is 5.32 Å². The lowest BCUT2D eigenvalue weighted by atomic mass is 9.85. The first kappa shape index (κ1) is 11.0. The third kappa shape index (κ3) is 2.73. The fraction of sp³-hybridized carbons (Fsp3) is 0.818. The van der Waals surface area contributed by atoms with Crippen molar-refractivity contribution in [2.24, 2.45) is 17.8 Å². The van der Waals surface area contributed by atoms with Gasteiger partial charge in [0.25, 0.3) is 0 Å². The van der Waals surface area contributed by atoms with Crippen LogP contribution in [0.5, 0.6) is 0 Å². The molecule has 0 bridgehead atoms. The van der Waals surface area contributed by atoms with Crippen molar-refractivity contribution in [2.75, 3.05) is 6.54 Å². The Morgan fingerprint density at radius 1 is 1.57 bits per heavy atom. The minimum atomic E-state index is -0.491. The summed E-state index contributed by atoms with van der Waals surface area (Å²) in [6, 6.07) is 2.05. The Labute approximate surface area is 85.5 Å². The predicted molar refractivity (Wildman–Crippen MR) is 54.3 cm³/mol. The maximum atomic E-state index is 11.5. The first-order valence-corrected chi connectivity index (χ1v) is 5.32. The Morgan fingerprint density at radius 2 is 2.21 bits per heavy atom. The normalized spacial score (nSPS) is 18.4. The lowest BCUT2D eigenvalue weighted by Crippen LogP contribution is -2.37. The highest BCUT2D eigenvalue weighted by Gasteiger charge is 2.23. The van der Waals surface area contributed by atoms with Gasteiger partial charge >= 0.3 is 0 Å². The summed E-state index contributed by atoms with van der Waals surface area (Å²) >= 11 is 0. The monoisotopic (exact) mass is 194 g/mol. The van der Waals surface area contributed by atoms with Crippen molar-refractivity contribution in [3.63, 3.8) is 0 Å². The molecule has 3 nitrogen and oxygen atoms in total. The quantitative estimate of drug-likeness (QED) is 0.740. The van der Waals surface area contributed by atoms with Crippen LogP contribution in [-0.2, 0) is 4.79 Å². The summed E-state index contributed by atoms with van der Waals surface area (Å²) in [5.41, 5.74) is 0. The van der Waals surface area contributed by atoms with Gasteiger partial charge in [0, 0.05) is 6.54 Å². The molecule has 0 spiro atoms. The maximum absolute atomic E-state index is 11.5. The molecule has 3 heteroatoms. The number of carbonyl (C=O) groups is 1. The van der Waals surface area contributed by atoms with Crippen molar-refractivity contribution in [3.05, 3.63) is 0 Å². The van der Waals surface area contributed by atoms with Gasteiger partial charge in [-0.2, -0.15) is 5.26 Å². The Bertz CT molecular complexity index is 238. The van der Waals surface area contributed by atoms with Gasteiger partial charge in [0.05, 0.1) is 6.07 Å². The van der Waals surface area contributed by atoms with Crippen molar-refractivity contribution in [2.45, 2.75) is 33.1 Å². The van der Waals surface area contributed by atoms with Crippen LogP contribution in [0.15, 0.2) is 0 Å². The SMILES string of the molecule is CC(C)C(C#N)C(=O)NCC1CCC1. The molecule has 1 aliphatic rings. The van der Waals surface area contributed by atoms with Crippen LogP contribution in [0.4, 0.5) is 0 Å². The van der Waals surface area contributed by atoms with Crippen LogP contribution in [0.3, 0.4) is 0 Å². The topological polar surface area (TPSA) is 52.9 Å². The molecule has 1 unspecified atom stereocenters. The second kappa shape index (κ2) is 4.99. The molecule has 1 rings (SSSR count). The summed E-state index contributed by atoms with van der Waals surface area (Å²) < 4.78 is 0. The highest BCUT2D eigenvalue weighted by Crippen LogP contribution is 2.25. The first-order valence-electron chi connectivity index (χ1n) is 5.32. The third-order valence-electron chi connectivity index (χ3n) is 2.88. The van der Waals surface area contributed by atoms with E-state index in [9.17, 15) is 4.79 Å². The molecule has 1 aliphatic carbocycles. The van der Waals surface area contributed by atoms with E-state index in [1.54, 1.807) is 0 Å². The van der Waals surface area contributed by atoms with Crippen LogP contribution in [0.1, 0.15) is 33.1 Å². The number of amides is 1. The molecule has 0 aromatic rings. The highest BCUT2D eigenvalue weighted by molar-refractivity contribution is 5.81. The second-order valence-electron chi connectivity index (χ2n) is 4.39. The van der Waals surface area contributed by atoms with Crippen molar-refractivity contribution in [3.8, 4) is 6.07 Å². The van der Waals surface area contributed by atoms with Gasteiger partial charge in [-0.1, -0.05) is 20.3 Å². The molecule has 0 aliphatic heterocycles. The Balaban J connectivity index is 2.28. The van der Waals surface area contributed by atoms with E-state index in [0.717, 1.165) is 6.54 Å². The molecule has 1 fully saturated rings. The largest absolute Gasteiger partial charge is 0.355 e. The van der Waals surface area contributed by atoms with Crippen LogP contribution in [0, 0.1) is 29.1 Å². The number of hydrogen-bond donors (Lipinski definition) is 1. The average Bonchev–Trinajstić information content (AvgIpc) is 2.01. The van der Waals surface area contributed by atoms with Gasteiger partial charge in [0.1, 0.15) is 5.92 Å². The van der Waals surface area contributed by atoms with Crippen LogP contribution in [-0.4, -0.2) is 12.5 Å². The highest BCUT2D eigenvalue weighted by atomic mass is 16.1. The van der Waals surface area contributed by atoms with Crippen molar-refractivity contribution >= 4 is 5.91 Å².